The number of ether oxygens (including phenoxy) is 2. The minimum atomic E-state index is -5.15. The molecule has 27 heavy (non-hydrogen) atoms. The first-order chi connectivity index (χ1) is 11.8. The second-order valence-corrected chi connectivity index (χ2v) is 11.2. The monoisotopic (exact) mass is 416 g/mol. The van der Waals surface area contributed by atoms with Crippen LogP contribution in [0.5, 0.6) is 0 Å². The predicted molar refractivity (Wildman–Crippen MR) is 95.0 cm³/mol. The molecule has 0 rings (SSSR count). The Morgan fingerprint density at radius 1 is 0.741 bits per heavy atom. The van der Waals surface area contributed by atoms with Crippen molar-refractivity contribution >= 4 is 19.5 Å². The van der Waals surface area contributed by atoms with Crippen LogP contribution >= 0.6 is 7.60 Å². The van der Waals surface area contributed by atoms with E-state index in [1.807, 2.05) is 0 Å². The van der Waals surface area contributed by atoms with Gasteiger partial charge in [-0.2, -0.15) is 8.78 Å². The number of carbonyl (C=O) groups is 2. The molecule has 0 aliphatic heterocycles. The molecule has 0 spiro atoms. The molecule has 0 radical (unpaired) electrons. The normalized spacial score (nSPS) is 14.0. The summed E-state index contributed by atoms with van der Waals surface area (Å²) in [7, 11) is -5.15. The van der Waals surface area contributed by atoms with E-state index >= 15 is 0 Å². The topological polar surface area (TPSA) is 88.1 Å². The van der Waals surface area contributed by atoms with Crippen molar-refractivity contribution in [1.82, 2.24) is 0 Å². The van der Waals surface area contributed by atoms with Crippen LogP contribution in [0.25, 0.3) is 0 Å². The van der Waals surface area contributed by atoms with Gasteiger partial charge in [0.05, 0.1) is 10.8 Å². The average molecular weight is 416 g/mol. The number of esters is 2. The minimum Gasteiger partial charge on any atom is -0.438 e. The van der Waals surface area contributed by atoms with Crippen LogP contribution in [0.3, 0.4) is 0 Å². The highest BCUT2D eigenvalue weighted by Crippen LogP contribution is 2.67. The summed E-state index contributed by atoms with van der Waals surface area (Å²) in [5.74, 6) is -1.46. The SMILES string of the molecule is CC(C)(C)C(=O)OCOP(=O)(OCOC(=O)C(C)(C)C)C(F)(F)C(C)(C)C. The Labute approximate surface area is 159 Å². The van der Waals surface area contributed by atoms with Crippen molar-refractivity contribution in [3.05, 3.63) is 0 Å². The molecule has 0 aromatic heterocycles. The largest absolute Gasteiger partial charge is 0.438 e. The van der Waals surface area contributed by atoms with Crippen molar-refractivity contribution in [2.24, 2.45) is 16.2 Å². The Bertz CT molecular complexity index is 548. The van der Waals surface area contributed by atoms with Crippen molar-refractivity contribution < 1.29 is 41.5 Å². The van der Waals surface area contributed by atoms with Gasteiger partial charge in [0.1, 0.15) is 0 Å². The zero-order chi connectivity index (χ0) is 21.9. The minimum absolute atomic E-state index is 0.729. The van der Waals surface area contributed by atoms with Crippen molar-refractivity contribution in [3.63, 3.8) is 0 Å². The van der Waals surface area contributed by atoms with Crippen LogP contribution in [0, 0.1) is 16.2 Å². The molecule has 0 saturated carbocycles. The zero-order valence-electron chi connectivity index (χ0n) is 17.5. The van der Waals surface area contributed by atoms with E-state index in [-0.39, 0.29) is 0 Å². The zero-order valence-corrected chi connectivity index (χ0v) is 18.4. The van der Waals surface area contributed by atoms with E-state index in [0.717, 1.165) is 20.8 Å². The molecular weight excluding hydrogens is 385 g/mol. The highest BCUT2D eigenvalue weighted by molar-refractivity contribution is 7.55. The molecule has 0 N–H and O–H groups in total. The van der Waals surface area contributed by atoms with Crippen molar-refractivity contribution in [1.29, 1.82) is 0 Å². The van der Waals surface area contributed by atoms with Gasteiger partial charge in [-0.05, 0) is 41.5 Å². The number of carbonyl (C=O) groups excluding carboxylic acids is 2. The fourth-order valence-electron chi connectivity index (χ4n) is 1.34. The molecule has 0 heterocycles. The van der Waals surface area contributed by atoms with Crippen LogP contribution in [0.15, 0.2) is 0 Å². The summed E-state index contributed by atoms with van der Waals surface area (Å²) >= 11 is 0. The lowest BCUT2D eigenvalue weighted by Gasteiger charge is -2.35. The lowest BCUT2D eigenvalue weighted by Crippen LogP contribution is -2.36. The van der Waals surface area contributed by atoms with Gasteiger partial charge in [0.15, 0.2) is 0 Å². The lowest BCUT2D eigenvalue weighted by molar-refractivity contribution is -0.164. The first kappa shape index (κ1) is 26.0. The van der Waals surface area contributed by atoms with Crippen LogP contribution < -0.4 is 0 Å². The predicted octanol–water partition coefficient (Wildman–Crippen LogP) is 4.95. The smallest absolute Gasteiger partial charge is 0.405 e. The molecule has 10 heteroatoms. The number of hydrogen-bond acceptors (Lipinski definition) is 7. The van der Waals surface area contributed by atoms with Crippen LogP contribution in [0.4, 0.5) is 8.78 Å². The van der Waals surface area contributed by atoms with Gasteiger partial charge < -0.3 is 9.47 Å². The summed E-state index contributed by atoms with van der Waals surface area (Å²) < 4.78 is 61.1. The maximum absolute atomic E-state index is 14.7. The summed E-state index contributed by atoms with van der Waals surface area (Å²) in [6.07, 6.45) is 0. The van der Waals surface area contributed by atoms with Gasteiger partial charge in [-0.3, -0.25) is 23.2 Å². The molecule has 0 aliphatic rings. The van der Waals surface area contributed by atoms with Crippen LogP contribution in [0.2, 0.25) is 0 Å². The summed E-state index contributed by atoms with van der Waals surface area (Å²) in [4.78, 5) is 23.4. The molecule has 0 aromatic carbocycles. The van der Waals surface area contributed by atoms with E-state index in [0.29, 0.717) is 0 Å². The lowest BCUT2D eigenvalue weighted by atomic mass is 9.97. The quantitative estimate of drug-likeness (QED) is 0.330. The molecule has 160 valence electrons. The van der Waals surface area contributed by atoms with Gasteiger partial charge in [0.25, 0.3) is 0 Å². The molecule has 7 nitrogen and oxygen atoms in total. The summed E-state index contributed by atoms with van der Waals surface area (Å²) in [5.41, 5.74) is -7.54. The third kappa shape index (κ3) is 7.12. The van der Waals surface area contributed by atoms with Crippen molar-refractivity contribution in [3.8, 4) is 0 Å². The number of rotatable bonds is 7. The molecule has 0 aromatic rings. The Hall–Kier alpha value is -1.05. The number of halogens is 2. The Balaban J connectivity index is 5.28. The van der Waals surface area contributed by atoms with Gasteiger partial charge in [0.2, 0.25) is 13.6 Å². The van der Waals surface area contributed by atoms with Gasteiger partial charge in [0, 0.05) is 5.41 Å². The Kier molecular flexibility index (Phi) is 8.20. The molecule has 0 amide bonds. The van der Waals surface area contributed by atoms with E-state index in [1.165, 1.54) is 0 Å². The van der Waals surface area contributed by atoms with E-state index in [1.54, 1.807) is 41.5 Å². The van der Waals surface area contributed by atoms with E-state index in [9.17, 15) is 22.9 Å². The highest BCUT2D eigenvalue weighted by atomic mass is 31.2. The third-order valence-corrected chi connectivity index (χ3v) is 5.55. The van der Waals surface area contributed by atoms with Gasteiger partial charge in [-0.1, -0.05) is 20.8 Å². The van der Waals surface area contributed by atoms with Gasteiger partial charge in [-0.25, -0.2) is 0 Å². The molecule has 0 unspecified atom stereocenters. The van der Waals surface area contributed by atoms with Crippen LogP contribution in [-0.4, -0.2) is 31.2 Å². The fraction of sp³-hybridized carbons (Fsp3) is 0.882. The van der Waals surface area contributed by atoms with Crippen molar-refractivity contribution in [2.75, 3.05) is 13.6 Å². The number of alkyl halides is 2. The molecule has 0 aliphatic carbocycles. The Morgan fingerprint density at radius 2 is 1.04 bits per heavy atom. The molecule has 0 fully saturated rings. The second-order valence-electron chi connectivity index (χ2n) is 9.15. The van der Waals surface area contributed by atoms with Crippen LogP contribution in [0.1, 0.15) is 62.3 Å². The van der Waals surface area contributed by atoms with Gasteiger partial charge in [-0.15, -0.1) is 0 Å². The number of hydrogen-bond donors (Lipinski definition) is 0. The summed E-state index contributed by atoms with van der Waals surface area (Å²) in [6, 6.07) is 0. The molecule has 0 bridgehead atoms. The maximum atomic E-state index is 14.7. The summed E-state index contributed by atoms with van der Waals surface area (Å²) in [6.45, 7) is 10.8. The van der Waals surface area contributed by atoms with Crippen molar-refractivity contribution in [2.45, 2.75) is 68.0 Å². The highest BCUT2D eigenvalue weighted by Gasteiger charge is 2.61. The van der Waals surface area contributed by atoms with Gasteiger partial charge >= 0.3 is 25.2 Å². The molecule has 0 saturated heterocycles. The summed E-state index contributed by atoms with van der Waals surface area (Å²) in [5, 5.41) is 0. The Morgan fingerprint density at radius 3 is 1.26 bits per heavy atom. The fourth-order valence-corrected chi connectivity index (χ4v) is 2.95. The van der Waals surface area contributed by atoms with E-state index in [2.05, 4.69) is 0 Å². The average Bonchev–Trinajstić information content (AvgIpc) is 2.43. The molecule has 0 atom stereocenters. The van der Waals surface area contributed by atoms with E-state index in [4.69, 9.17) is 18.5 Å². The molecular formula is C17H31F2O7P. The standard InChI is InChI=1S/C17H31F2O7P/c1-14(2,3)12(20)23-10-25-27(22,17(18,19)16(7,8)9)26-11-24-13(21)15(4,5)6/h10-11H2,1-9H3. The first-order valence-corrected chi connectivity index (χ1v) is 9.91. The maximum Gasteiger partial charge on any atom is 0.405 e. The third-order valence-electron chi connectivity index (χ3n) is 3.30. The first-order valence-electron chi connectivity index (χ1n) is 8.37. The second kappa shape index (κ2) is 8.53. The van der Waals surface area contributed by atoms with Crippen LogP contribution in [-0.2, 0) is 32.7 Å². The van der Waals surface area contributed by atoms with E-state index < -0.39 is 55.0 Å².